The van der Waals surface area contributed by atoms with Crippen LogP contribution in [-0.4, -0.2) is 29.5 Å². The van der Waals surface area contributed by atoms with Gasteiger partial charge in [0.15, 0.2) is 0 Å². The standard InChI is InChI=1S/C23H20N4O4/c28-21(26-25-15-19-13-7-8-14-20(19)27(30)31)16-24-23(29)22(17-9-3-1-4-10-17)18-11-5-2-6-12-18/h1-15,22H,16H2,(H,24,29)(H,26,28)/b25-15+. The fourth-order valence-electron chi connectivity index (χ4n) is 3.03. The van der Waals surface area contributed by atoms with Crippen molar-refractivity contribution in [2.24, 2.45) is 5.10 Å². The molecule has 0 aliphatic rings. The van der Waals surface area contributed by atoms with Crippen molar-refractivity contribution in [1.29, 1.82) is 0 Å². The molecule has 0 aliphatic carbocycles. The highest BCUT2D eigenvalue weighted by molar-refractivity contribution is 5.91. The van der Waals surface area contributed by atoms with Gasteiger partial charge in [0.25, 0.3) is 11.6 Å². The Labute approximate surface area is 178 Å². The van der Waals surface area contributed by atoms with E-state index >= 15 is 0 Å². The Kier molecular flexibility index (Phi) is 7.21. The second-order valence-electron chi connectivity index (χ2n) is 6.58. The first-order chi connectivity index (χ1) is 15.1. The topological polar surface area (TPSA) is 114 Å². The first kappa shape index (κ1) is 21.4. The summed E-state index contributed by atoms with van der Waals surface area (Å²) in [7, 11) is 0. The van der Waals surface area contributed by atoms with Gasteiger partial charge in [0.1, 0.15) is 0 Å². The van der Waals surface area contributed by atoms with Crippen molar-refractivity contribution in [3.8, 4) is 0 Å². The van der Waals surface area contributed by atoms with Crippen molar-refractivity contribution in [2.75, 3.05) is 6.54 Å². The Morgan fingerprint density at radius 2 is 1.45 bits per heavy atom. The zero-order valence-electron chi connectivity index (χ0n) is 16.5. The molecule has 0 aliphatic heterocycles. The summed E-state index contributed by atoms with van der Waals surface area (Å²) in [5.74, 6) is -1.44. The summed E-state index contributed by atoms with van der Waals surface area (Å²) < 4.78 is 0. The lowest BCUT2D eigenvalue weighted by Gasteiger charge is -2.17. The number of hydrazone groups is 1. The van der Waals surface area contributed by atoms with Crippen molar-refractivity contribution >= 4 is 23.7 Å². The maximum absolute atomic E-state index is 12.9. The average Bonchev–Trinajstić information content (AvgIpc) is 2.79. The van der Waals surface area contributed by atoms with Gasteiger partial charge in [0.2, 0.25) is 5.91 Å². The van der Waals surface area contributed by atoms with Crippen molar-refractivity contribution in [3.63, 3.8) is 0 Å². The first-order valence-corrected chi connectivity index (χ1v) is 9.49. The summed E-state index contributed by atoms with van der Waals surface area (Å²) in [5.41, 5.74) is 4.01. The normalized spacial score (nSPS) is 10.7. The number of amides is 2. The van der Waals surface area contributed by atoms with E-state index in [1.165, 1.54) is 18.3 Å². The minimum Gasteiger partial charge on any atom is -0.346 e. The van der Waals surface area contributed by atoms with E-state index in [4.69, 9.17) is 0 Å². The van der Waals surface area contributed by atoms with Gasteiger partial charge in [0, 0.05) is 6.07 Å². The molecule has 0 aromatic heterocycles. The number of carbonyl (C=O) groups is 2. The number of nitro groups is 1. The molecule has 3 aromatic carbocycles. The number of hydrogen-bond acceptors (Lipinski definition) is 5. The van der Waals surface area contributed by atoms with E-state index in [0.717, 1.165) is 11.1 Å². The van der Waals surface area contributed by atoms with Gasteiger partial charge in [-0.05, 0) is 17.2 Å². The van der Waals surface area contributed by atoms with Crippen LogP contribution in [0, 0.1) is 10.1 Å². The van der Waals surface area contributed by atoms with Crippen LogP contribution in [0.25, 0.3) is 0 Å². The third-order valence-corrected chi connectivity index (χ3v) is 4.48. The molecule has 8 heteroatoms. The lowest BCUT2D eigenvalue weighted by atomic mass is 9.90. The second-order valence-corrected chi connectivity index (χ2v) is 6.58. The zero-order chi connectivity index (χ0) is 22.1. The van der Waals surface area contributed by atoms with E-state index in [1.807, 2.05) is 60.7 Å². The molecule has 0 spiro atoms. The molecule has 8 nitrogen and oxygen atoms in total. The number of carbonyl (C=O) groups excluding carboxylic acids is 2. The van der Waals surface area contributed by atoms with Crippen molar-refractivity contribution in [3.05, 3.63) is 112 Å². The number of nitrogens with zero attached hydrogens (tertiary/aromatic N) is 2. The highest BCUT2D eigenvalue weighted by Gasteiger charge is 2.22. The second kappa shape index (κ2) is 10.4. The molecular formula is C23H20N4O4. The highest BCUT2D eigenvalue weighted by Crippen LogP contribution is 2.24. The minimum absolute atomic E-state index is 0.123. The molecule has 156 valence electrons. The third kappa shape index (κ3) is 5.83. The van der Waals surface area contributed by atoms with Crippen molar-refractivity contribution in [2.45, 2.75) is 5.92 Å². The molecule has 0 saturated heterocycles. The molecular weight excluding hydrogens is 396 g/mol. The average molecular weight is 416 g/mol. The van der Waals surface area contributed by atoms with Gasteiger partial charge in [-0.25, -0.2) is 5.43 Å². The predicted octanol–water partition coefficient (Wildman–Crippen LogP) is 2.99. The highest BCUT2D eigenvalue weighted by atomic mass is 16.6. The number of nitrogens with one attached hydrogen (secondary N) is 2. The molecule has 2 N–H and O–H groups in total. The number of para-hydroxylation sites is 1. The molecule has 0 saturated carbocycles. The van der Waals surface area contributed by atoms with Crippen LogP contribution in [0.1, 0.15) is 22.6 Å². The van der Waals surface area contributed by atoms with E-state index < -0.39 is 16.7 Å². The van der Waals surface area contributed by atoms with Gasteiger partial charge in [-0.3, -0.25) is 19.7 Å². The van der Waals surface area contributed by atoms with E-state index in [0.29, 0.717) is 0 Å². The fraction of sp³-hybridized carbons (Fsp3) is 0.0870. The summed E-state index contributed by atoms with van der Waals surface area (Å²) in [4.78, 5) is 35.4. The van der Waals surface area contributed by atoms with Crippen LogP contribution in [-0.2, 0) is 9.59 Å². The monoisotopic (exact) mass is 416 g/mol. The Balaban J connectivity index is 1.62. The predicted molar refractivity (Wildman–Crippen MR) is 117 cm³/mol. The molecule has 0 radical (unpaired) electrons. The quantitative estimate of drug-likeness (QED) is 0.334. The maximum atomic E-state index is 12.9. The number of benzene rings is 3. The van der Waals surface area contributed by atoms with Crippen LogP contribution in [0.15, 0.2) is 90.0 Å². The minimum atomic E-state index is -0.564. The summed E-state index contributed by atoms with van der Waals surface area (Å²) in [5, 5.41) is 17.4. The number of nitro benzene ring substituents is 1. The first-order valence-electron chi connectivity index (χ1n) is 9.49. The number of rotatable bonds is 8. The lowest BCUT2D eigenvalue weighted by molar-refractivity contribution is -0.385. The van der Waals surface area contributed by atoms with E-state index in [1.54, 1.807) is 12.1 Å². The van der Waals surface area contributed by atoms with Gasteiger partial charge in [-0.1, -0.05) is 72.8 Å². The Hall–Kier alpha value is -4.33. The van der Waals surface area contributed by atoms with Crippen LogP contribution in [0.4, 0.5) is 5.69 Å². The molecule has 0 unspecified atom stereocenters. The third-order valence-electron chi connectivity index (χ3n) is 4.48. The molecule has 0 atom stereocenters. The van der Waals surface area contributed by atoms with Crippen LogP contribution in [0.2, 0.25) is 0 Å². The zero-order valence-corrected chi connectivity index (χ0v) is 16.5. The van der Waals surface area contributed by atoms with Crippen molar-refractivity contribution < 1.29 is 14.5 Å². The van der Waals surface area contributed by atoms with Gasteiger partial charge in [0.05, 0.1) is 29.2 Å². The van der Waals surface area contributed by atoms with E-state index in [2.05, 4.69) is 15.8 Å². The number of hydrogen-bond donors (Lipinski definition) is 2. The van der Waals surface area contributed by atoms with Gasteiger partial charge >= 0.3 is 0 Å². The molecule has 3 aromatic rings. The molecule has 0 bridgehead atoms. The van der Waals surface area contributed by atoms with E-state index in [9.17, 15) is 19.7 Å². The largest absolute Gasteiger partial charge is 0.346 e. The Morgan fingerprint density at radius 3 is 2.03 bits per heavy atom. The lowest BCUT2D eigenvalue weighted by Crippen LogP contribution is -2.37. The maximum Gasteiger partial charge on any atom is 0.278 e. The van der Waals surface area contributed by atoms with E-state index in [-0.39, 0.29) is 23.7 Å². The Morgan fingerprint density at radius 1 is 0.903 bits per heavy atom. The van der Waals surface area contributed by atoms with Crippen LogP contribution < -0.4 is 10.7 Å². The summed E-state index contributed by atoms with van der Waals surface area (Å²) in [6.07, 6.45) is 1.19. The molecule has 31 heavy (non-hydrogen) atoms. The SMILES string of the molecule is O=C(CNC(=O)C(c1ccccc1)c1ccccc1)N/N=C/c1ccccc1[N+](=O)[O-]. The van der Waals surface area contributed by atoms with Gasteiger partial charge in [-0.15, -0.1) is 0 Å². The summed E-state index contributed by atoms with van der Waals surface area (Å²) in [6.45, 7) is -0.288. The smallest absolute Gasteiger partial charge is 0.278 e. The van der Waals surface area contributed by atoms with Gasteiger partial charge in [-0.2, -0.15) is 5.10 Å². The van der Waals surface area contributed by atoms with Crippen LogP contribution >= 0.6 is 0 Å². The van der Waals surface area contributed by atoms with Crippen molar-refractivity contribution in [1.82, 2.24) is 10.7 Å². The van der Waals surface area contributed by atoms with Crippen LogP contribution in [0.3, 0.4) is 0 Å². The molecule has 2 amide bonds. The summed E-state index contributed by atoms with van der Waals surface area (Å²) >= 11 is 0. The summed E-state index contributed by atoms with van der Waals surface area (Å²) in [6, 6.07) is 24.6. The van der Waals surface area contributed by atoms with Crippen LogP contribution in [0.5, 0.6) is 0 Å². The Bertz CT molecular complexity index is 1050. The molecule has 3 rings (SSSR count). The van der Waals surface area contributed by atoms with Gasteiger partial charge < -0.3 is 5.32 Å². The molecule has 0 fully saturated rings. The molecule has 0 heterocycles. The fourth-order valence-corrected chi connectivity index (χ4v) is 3.03.